The van der Waals surface area contributed by atoms with E-state index >= 15 is 0 Å². The molecule has 2 aromatic heterocycles. The van der Waals surface area contributed by atoms with Gasteiger partial charge in [-0.05, 0) is 50.8 Å². The van der Waals surface area contributed by atoms with E-state index in [0.29, 0.717) is 23.0 Å². The van der Waals surface area contributed by atoms with E-state index in [9.17, 15) is 4.79 Å². The lowest BCUT2D eigenvalue weighted by atomic mass is 10.00. The molecule has 0 aromatic carbocycles. The second-order valence-electron chi connectivity index (χ2n) is 6.38. The van der Waals surface area contributed by atoms with Crippen molar-refractivity contribution in [2.24, 2.45) is 5.92 Å². The smallest absolute Gasteiger partial charge is 0.253 e. The number of aromatic nitrogens is 3. The maximum atomic E-state index is 12.5. The lowest BCUT2D eigenvalue weighted by Crippen LogP contribution is -2.38. The van der Waals surface area contributed by atoms with Crippen LogP contribution < -0.4 is 10.6 Å². The van der Waals surface area contributed by atoms with Crippen molar-refractivity contribution < 1.29 is 4.79 Å². The van der Waals surface area contributed by atoms with Gasteiger partial charge in [0.1, 0.15) is 5.82 Å². The topological polar surface area (TPSA) is 82.7 Å². The van der Waals surface area contributed by atoms with Crippen LogP contribution in [-0.2, 0) is 0 Å². The number of hydrogen-bond donors (Lipinski definition) is 3. The first-order chi connectivity index (χ1) is 10.8. The monoisotopic (exact) mass is 299 g/mol. The van der Waals surface area contributed by atoms with E-state index < -0.39 is 0 Å². The molecule has 0 spiro atoms. The van der Waals surface area contributed by atoms with E-state index in [1.54, 1.807) is 12.3 Å². The zero-order valence-corrected chi connectivity index (χ0v) is 12.6. The molecule has 2 aromatic rings. The summed E-state index contributed by atoms with van der Waals surface area (Å²) in [6.45, 7) is 2.80. The molecule has 3 N–H and O–H groups in total. The van der Waals surface area contributed by atoms with E-state index in [2.05, 4.69) is 25.6 Å². The molecule has 6 nitrogen and oxygen atoms in total. The molecular formula is C16H21N5O. The van der Waals surface area contributed by atoms with Crippen molar-refractivity contribution >= 4 is 17.1 Å². The Morgan fingerprint density at radius 1 is 1.36 bits per heavy atom. The number of carbonyl (C=O) groups excluding carboxylic acids is 1. The number of fused-ring (bicyclic) bond motifs is 1. The van der Waals surface area contributed by atoms with Crippen LogP contribution in [0.4, 0.5) is 0 Å². The second-order valence-corrected chi connectivity index (χ2v) is 6.38. The maximum absolute atomic E-state index is 12.5. The predicted molar refractivity (Wildman–Crippen MR) is 83.8 cm³/mol. The molecule has 1 saturated heterocycles. The van der Waals surface area contributed by atoms with Gasteiger partial charge in [0.05, 0.1) is 11.1 Å². The summed E-state index contributed by atoms with van der Waals surface area (Å²) in [6.07, 6.45) is 6.38. The van der Waals surface area contributed by atoms with E-state index in [-0.39, 0.29) is 5.91 Å². The first kappa shape index (κ1) is 13.7. The van der Waals surface area contributed by atoms with Gasteiger partial charge in [0.2, 0.25) is 0 Å². The van der Waals surface area contributed by atoms with E-state index in [4.69, 9.17) is 0 Å². The van der Waals surface area contributed by atoms with Crippen molar-refractivity contribution in [3.05, 3.63) is 23.7 Å². The molecule has 1 unspecified atom stereocenters. The summed E-state index contributed by atoms with van der Waals surface area (Å²) in [7, 11) is 0. The Bertz CT molecular complexity index is 685. The normalized spacial score (nSPS) is 21.9. The van der Waals surface area contributed by atoms with Gasteiger partial charge in [0.15, 0.2) is 5.65 Å². The van der Waals surface area contributed by atoms with E-state index in [1.165, 1.54) is 25.7 Å². The van der Waals surface area contributed by atoms with Gasteiger partial charge < -0.3 is 15.6 Å². The minimum absolute atomic E-state index is 0.0380. The molecule has 1 saturated carbocycles. The fraction of sp³-hybridized carbons (Fsp3) is 0.562. The SMILES string of the molecule is O=C(NCC1CCCNC1)c1ccnc2nc(C3CC3)[nH]c12. The zero-order valence-electron chi connectivity index (χ0n) is 12.6. The molecule has 6 heteroatoms. The summed E-state index contributed by atoms with van der Waals surface area (Å²) in [5.41, 5.74) is 2.06. The highest BCUT2D eigenvalue weighted by molar-refractivity contribution is 6.04. The highest BCUT2D eigenvalue weighted by atomic mass is 16.1. The fourth-order valence-corrected chi connectivity index (χ4v) is 3.10. The quantitative estimate of drug-likeness (QED) is 0.800. The predicted octanol–water partition coefficient (Wildman–Crippen LogP) is 1.56. The van der Waals surface area contributed by atoms with Gasteiger partial charge in [0, 0.05) is 18.7 Å². The number of rotatable bonds is 4. The summed E-state index contributed by atoms with van der Waals surface area (Å²) < 4.78 is 0. The second kappa shape index (κ2) is 5.68. The Morgan fingerprint density at radius 3 is 3.05 bits per heavy atom. The summed E-state index contributed by atoms with van der Waals surface area (Å²) in [4.78, 5) is 24.6. The molecule has 2 aliphatic rings. The highest BCUT2D eigenvalue weighted by Crippen LogP contribution is 2.39. The first-order valence-corrected chi connectivity index (χ1v) is 8.15. The summed E-state index contributed by atoms with van der Waals surface area (Å²) in [5.74, 6) is 1.99. The molecule has 1 aliphatic heterocycles. The number of nitrogens with zero attached hydrogens (tertiary/aromatic N) is 2. The minimum atomic E-state index is -0.0380. The van der Waals surface area contributed by atoms with Gasteiger partial charge in [-0.2, -0.15) is 0 Å². The molecule has 0 radical (unpaired) electrons. The van der Waals surface area contributed by atoms with Crippen molar-refractivity contribution in [1.82, 2.24) is 25.6 Å². The number of H-pyrrole nitrogens is 1. The van der Waals surface area contributed by atoms with Crippen LogP contribution >= 0.6 is 0 Å². The Morgan fingerprint density at radius 2 is 2.27 bits per heavy atom. The molecule has 2 fully saturated rings. The largest absolute Gasteiger partial charge is 0.352 e. The molecule has 3 heterocycles. The number of pyridine rings is 1. The third-order valence-electron chi connectivity index (χ3n) is 4.57. The van der Waals surface area contributed by atoms with Crippen LogP contribution in [0.2, 0.25) is 0 Å². The molecule has 0 bridgehead atoms. The fourth-order valence-electron chi connectivity index (χ4n) is 3.10. The van der Waals surface area contributed by atoms with Crippen LogP contribution in [-0.4, -0.2) is 40.5 Å². The molecule has 1 amide bonds. The van der Waals surface area contributed by atoms with Gasteiger partial charge >= 0.3 is 0 Å². The lowest BCUT2D eigenvalue weighted by molar-refractivity contribution is 0.0946. The third-order valence-corrected chi connectivity index (χ3v) is 4.57. The van der Waals surface area contributed by atoms with Crippen LogP contribution in [0.15, 0.2) is 12.3 Å². The van der Waals surface area contributed by atoms with Crippen molar-refractivity contribution in [2.75, 3.05) is 19.6 Å². The van der Waals surface area contributed by atoms with Crippen LogP contribution in [0.1, 0.15) is 47.8 Å². The maximum Gasteiger partial charge on any atom is 0.253 e. The summed E-state index contributed by atoms with van der Waals surface area (Å²) in [5, 5.41) is 6.43. The van der Waals surface area contributed by atoms with Crippen LogP contribution in [0, 0.1) is 5.92 Å². The van der Waals surface area contributed by atoms with Gasteiger partial charge in [-0.1, -0.05) is 0 Å². The number of amides is 1. The third kappa shape index (κ3) is 2.70. The molecular weight excluding hydrogens is 278 g/mol. The number of nitrogens with one attached hydrogen (secondary N) is 3. The van der Waals surface area contributed by atoms with Crippen LogP contribution in [0.5, 0.6) is 0 Å². The molecule has 4 rings (SSSR count). The van der Waals surface area contributed by atoms with E-state index in [1.807, 2.05) is 0 Å². The number of piperidine rings is 1. The van der Waals surface area contributed by atoms with Gasteiger partial charge in [0.25, 0.3) is 5.91 Å². The van der Waals surface area contributed by atoms with Crippen molar-refractivity contribution in [3.8, 4) is 0 Å². The zero-order chi connectivity index (χ0) is 14.9. The first-order valence-electron chi connectivity index (χ1n) is 8.15. The number of imidazole rings is 1. The van der Waals surface area contributed by atoms with E-state index in [0.717, 1.165) is 31.0 Å². The standard InChI is InChI=1S/C16H21N5O/c22-16(19-9-10-2-1-6-17-8-10)12-5-7-18-15-13(12)20-14(21-15)11-3-4-11/h5,7,10-11,17H,1-4,6,8-9H2,(H,19,22)(H,18,20,21). The molecule has 116 valence electrons. The Balaban J connectivity index is 1.50. The molecule has 1 atom stereocenters. The lowest BCUT2D eigenvalue weighted by Gasteiger charge is -2.22. The van der Waals surface area contributed by atoms with Crippen molar-refractivity contribution in [3.63, 3.8) is 0 Å². The molecule has 1 aliphatic carbocycles. The average molecular weight is 299 g/mol. The average Bonchev–Trinajstić information content (AvgIpc) is 3.32. The van der Waals surface area contributed by atoms with Crippen molar-refractivity contribution in [2.45, 2.75) is 31.6 Å². The van der Waals surface area contributed by atoms with Gasteiger partial charge in [-0.15, -0.1) is 0 Å². The number of hydrogen-bond acceptors (Lipinski definition) is 4. The van der Waals surface area contributed by atoms with Crippen LogP contribution in [0.3, 0.4) is 0 Å². The van der Waals surface area contributed by atoms with Crippen molar-refractivity contribution in [1.29, 1.82) is 0 Å². The minimum Gasteiger partial charge on any atom is -0.352 e. The number of carbonyl (C=O) groups is 1. The molecule has 22 heavy (non-hydrogen) atoms. The van der Waals surface area contributed by atoms with Gasteiger partial charge in [-0.25, -0.2) is 9.97 Å². The Hall–Kier alpha value is -1.95. The highest BCUT2D eigenvalue weighted by Gasteiger charge is 2.28. The summed E-state index contributed by atoms with van der Waals surface area (Å²) in [6, 6.07) is 1.77. The Labute approximate surface area is 129 Å². The Kier molecular flexibility index (Phi) is 3.54. The number of aromatic amines is 1. The van der Waals surface area contributed by atoms with Crippen LogP contribution in [0.25, 0.3) is 11.2 Å². The summed E-state index contributed by atoms with van der Waals surface area (Å²) >= 11 is 0. The van der Waals surface area contributed by atoms with Gasteiger partial charge in [-0.3, -0.25) is 4.79 Å².